The topological polar surface area (TPSA) is 42.4 Å². The molecule has 0 saturated heterocycles. The van der Waals surface area contributed by atoms with Gasteiger partial charge in [0.1, 0.15) is 10.9 Å². The lowest BCUT2D eigenvalue weighted by Gasteiger charge is -2.17. The zero-order valence-electron chi connectivity index (χ0n) is 11.7. The van der Waals surface area contributed by atoms with E-state index in [-0.39, 0.29) is 16.8 Å². The summed E-state index contributed by atoms with van der Waals surface area (Å²) in [6, 6.07) is 9.18. The Morgan fingerprint density at radius 2 is 2.00 bits per heavy atom. The van der Waals surface area contributed by atoms with E-state index in [0.29, 0.717) is 12.1 Å². The van der Waals surface area contributed by atoms with Crippen molar-refractivity contribution in [2.24, 2.45) is 0 Å². The molecule has 2 aromatic rings. The Balaban J connectivity index is 2.02. The Bertz CT molecular complexity index is 650. The van der Waals surface area contributed by atoms with E-state index in [0.717, 1.165) is 5.56 Å². The number of pyridine rings is 1. The van der Waals surface area contributed by atoms with Crippen LogP contribution in [0.25, 0.3) is 0 Å². The summed E-state index contributed by atoms with van der Waals surface area (Å²) in [6.07, 6.45) is 1.46. The van der Waals surface area contributed by atoms with E-state index in [1.54, 1.807) is 25.2 Å². The van der Waals surface area contributed by atoms with Crippen molar-refractivity contribution in [3.8, 4) is 5.75 Å². The third kappa shape index (κ3) is 4.39. The van der Waals surface area contributed by atoms with Crippen LogP contribution in [0.3, 0.4) is 0 Å². The number of hydrogen-bond donors (Lipinski definition) is 0. The van der Waals surface area contributed by atoms with Crippen LogP contribution in [0.5, 0.6) is 5.75 Å². The molecule has 0 fully saturated rings. The summed E-state index contributed by atoms with van der Waals surface area (Å²) in [5.41, 5.74) is 1.22. The molecule has 1 heterocycles. The van der Waals surface area contributed by atoms with Crippen LogP contribution >= 0.6 is 11.6 Å². The molecular weight excluding hydrogens is 314 g/mol. The quantitative estimate of drug-likeness (QED) is 0.788. The number of amides is 1. The van der Waals surface area contributed by atoms with Crippen molar-refractivity contribution >= 4 is 17.5 Å². The highest BCUT2D eigenvalue weighted by Crippen LogP contribution is 2.17. The van der Waals surface area contributed by atoms with Crippen molar-refractivity contribution in [3.05, 3.63) is 58.9 Å². The number of nitrogens with zero attached hydrogens (tertiary/aromatic N) is 2. The lowest BCUT2D eigenvalue weighted by atomic mass is 10.2. The molecule has 0 atom stereocenters. The molecule has 2 rings (SSSR count). The highest BCUT2D eigenvalue weighted by atomic mass is 35.5. The maximum absolute atomic E-state index is 12.2. The molecule has 7 heteroatoms. The second-order valence-corrected chi connectivity index (χ2v) is 4.94. The van der Waals surface area contributed by atoms with E-state index in [1.807, 2.05) is 0 Å². The summed E-state index contributed by atoms with van der Waals surface area (Å²) in [5.74, 6) is -0.133. The average molecular weight is 327 g/mol. The minimum Gasteiger partial charge on any atom is -0.435 e. The van der Waals surface area contributed by atoms with E-state index in [9.17, 15) is 13.6 Å². The fourth-order valence-corrected chi connectivity index (χ4v) is 2.05. The number of hydrogen-bond acceptors (Lipinski definition) is 3. The fraction of sp³-hybridized carbons (Fsp3) is 0.200. The SMILES string of the molecule is CN(Cc1ccc(OC(F)F)cc1)C(=O)c1ccnc(Cl)c1. The van der Waals surface area contributed by atoms with E-state index < -0.39 is 6.61 Å². The molecule has 0 aliphatic carbocycles. The van der Waals surface area contributed by atoms with Gasteiger partial charge in [-0.1, -0.05) is 23.7 Å². The van der Waals surface area contributed by atoms with Crippen molar-refractivity contribution in [1.29, 1.82) is 0 Å². The highest BCUT2D eigenvalue weighted by molar-refractivity contribution is 6.29. The van der Waals surface area contributed by atoms with Crippen LogP contribution in [0.1, 0.15) is 15.9 Å². The van der Waals surface area contributed by atoms with Gasteiger partial charge in [-0.2, -0.15) is 8.78 Å². The number of ether oxygens (including phenoxy) is 1. The monoisotopic (exact) mass is 326 g/mol. The van der Waals surface area contributed by atoms with E-state index in [2.05, 4.69) is 9.72 Å². The van der Waals surface area contributed by atoms with Crippen molar-refractivity contribution in [2.75, 3.05) is 7.05 Å². The number of carbonyl (C=O) groups is 1. The van der Waals surface area contributed by atoms with Crippen molar-refractivity contribution in [3.63, 3.8) is 0 Å². The Morgan fingerprint density at radius 3 is 2.59 bits per heavy atom. The van der Waals surface area contributed by atoms with Gasteiger partial charge in [0.05, 0.1) is 0 Å². The number of aromatic nitrogens is 1. The maximum atomic E-state index is 12.2. The molecule has 1 aromatic heterocycles. The lowest BCUT2D eigenvalue weighted by molar-refractivity contribution is -0.0498. The van der Waals surface area contributed by atoms with Crippen LogP contribution in [0.15, 0.2) is 42.6 Å². The summed E-state index contributed by atoms with van der Waals surface area (Å²) in [6.45, 7) is -2.53. The van der Waals surface area contributed by atoms with Gasteiger partial charge in [0.2, 0.25) is 0 Å². The molecule has 22 heavy (non-hydrogen) atoms. The predicted molar refractivity (Wildman–Crippen MR) is 78.1 cm³/mol. The number of halogens is 3. The Labute approximate surface area is 131 Å². The van der Waals surface area contributed by atoms with Gasteiger partial charge in [0, 0.05) is 25.4 Å². The molecule has 0 saturated carbocycles. The molecule has 1 aromatic carbocycles. The third-order valence-electron chi connectivity index (χ3n) is 2.89. The van der Waals surface area contributed by atoms with E-state index in [1.165, 1.54) is 29.3 Å². The standard InChI is InChI=1S/C15H13ClF2N2O2/c1-20(14(21)11-6-7-19-13(16)8-11)9-10-2-4-12(5-3-10)22-15(17)18/h2-8,15H,9H2,1H3. The van der Waals surface area contributed by atoms with Crippen LogP contribution in [0, 0.1) is 0 Å². The summed E-state index contributed by atoms with van der Waals surface area (Å²) >= 11 is 5.76. The van der Waals surface area contributed by atoms with Gasteiger partial charge in [0.25, 0.3) is 5.91 Å². The number of carbonyl (C=O) groups excluding carboxylic acids is 1. The van der Waals surface area contributed by atoms with Gasteiger partial charge in [0.15, 0.2) is 0 Å². The van der Waals surface area contributed by atoms with Crippen LogP contribution in [-0.2, 0) is 6.54 Å². The normalized spacial score (nSPS) is 10.6. The maximum Gasteiger partial charge on any atom is 0.387 e. The first-order valence-electron chi connectivity index (χ1n) is 6.36. The smallest absolute Gasteiger partial charge is 0.387 e. The van der Waals surface area contributed by atoms with Crippen molar-refractivity contribution in [1.82, 2.24) is 9.88 Å². The molecule has 0 radical (unpaired) electrons. The largest absolute Gasteiger partial charge is 0.435 e. The third-order valence-corrected chi connectivity index (χ3v) is 3.10. The molecule has 0 unspecified atom stereocenters. The molecule has 1 amide bonds. The predicted octanol–water partition coefficient (Wildman–Crippen LogP) is 3.61. The first-order valence-corrected chi connectivity index (χ1v) is 6.74. The first-order chi connectivity index (χ1) is 10.5. The highest BCUT2D eigenvalue weighted by Gasteiger charge is 2.13. The van der Waals surface area contributed by atoms with Gasteiger partial charge >= 0.3 is 6.61 Å². The van der Waals surface area contributed by atoms with Crippen molar-refractivity contribution in [2.45, 2.75) is 13.2 Å². The van der Waals surface area contributed by atoms with Gasteiger partial charge < -0.3 is 9.64 Å². The van der Waals surface area contributed by atoms with Crippen LogP contribution < -0.4 is 4.74 Å². The summed E-state index contributed by atoms with van der Waals surface area (Å²) in [4.78, 5) is 17.5. The van der Waals surface area contributed by atoms with Crippen LogP contribution in [0.4, 0.5) is 8.78 Å². The molecule has 4 nitrogen and oxygen atoms in total. The number of rotatable bonds is 5. The number of benzene rings is 1. The molecule has 0 bridgehead atoms. The first kappa shape index (κ1) is 16.2. The van der Waals surface area contributed by atoms with E-state index >= 15 is 0 Å². The summed E-state index contributed by atoms with van der Waals surface area (Å²) in [5, 5.41) is 0.243. The van der Waals surface area contributed by atoms with Crippen molar-refractivity contribution < 1.29 is 18.3 Å². The molecule has 116 valence electrons. The second kappa shape index (κ2) is 7.17. The van der Waals surface area contributed by atoms with Gasteiger partial charge in [-0.05, 0) is 29.8 Å². The van der Waals surface area contributed by atoms with Crippen LogP contribution in [0.2, 0.25) is 5.15 Å². The zero-order valence-corrected chi connectivity index (χ0v) is 12.4. The number of alkyl halides is 2. The molecule has 0 spiro atoms. The van der Waals surface area contributed by atoms with E-state index in [4.69, 9.17) is 11.6 Å². The van der Waals surface area contributed by atoms with Gasteiger partial charge in [-0.3, -0.25) is 4.79 Å². The summed E-state index contributed by atoms with van der Waals surface area (Å²) in [7, 11) is 1.64. The molecule has 0 aliphatic rings. The van der Waals surface area contributed by atoms with Crippen LogP contribution in [-0.4, -0.2) is 29.5 Å². The lowest BCUT2D eigenvalue weighted by Crippen LogP contribution is -2.26. The average Bonchev–Trinajstić information content (AvgIpc) is 2.48. The van der Waals surface area contributed by atoms with Gasteiger partial charge in [-0.15, -0.1) is 0 Å². The Morgan fingerprint density at radius 1 is 1.32 bits per heavy atom. The minimum atomic E-state index is -2.86. The fourth-order valence-electron chi connectivity index (χ4n) is 1.88. The second-order valence-electron chi connectivity index (χ2n) is 4.55. The van der Waals surface area contributed by atoms with Gasteiger partial charge in [-0.25, -0.2) is 4.98 Å². The summed E-state index contributed by atoms with van der Waals surface area (Å²) < 4.78 is 28.4. The Hall–Kier alpha value is -2.21. The molecule has 0 aliphatic heterocycles. The molecular formula is C15H13ClF2N2O2. The Kier molecular flexibility index (Phi) is 5.27. The minimum absolute atomic E-state index is 0.0774. The zero-order chi connectivity index (χ0) is 16.1. The molecule has 0 N–H and O–H groups in total.